The van der Waals surface area contributed by atoms with Gasteiger partial charge in [0.1, 0.15) is 5.82 Å². The minimum atomic E-state index is -2.03. The van der Waals surface area contributed by atoms with Gasteiger partial charge in [0, 0.05) is 5.46 Å². The molecule has 0 spiro atoms. The van der Waals surface area contributed by atoms with E-state index >= 15 is 0 Å². The van der Waals surface area contributed by atoms with E-state index in [0.29, 0.717) is 0 Å². The second kappa shape index (κ2) is 4.80. The molecule has 21 heavy (non-hydrogen) atoms. The third-order valence-electron chi connectivity index (χ3n) is 3.31. The molecule has 3 rings (SSSR count). The van der Waals surface area contributed by atoms with Crippen molar-refractivity contribution in [3.05, 3.63) is 59.4 Å². The van der Waals surface area contributed by atoms with Crippen molar-refractivity contribution in [2.75, 3.05) is 4.90 Å². The number of carbonyl (C=O) groups excluding carboxylic acids is 2. The number of fused-ring (bicyclic) bond motifs is 1. The van der Waals surface area contributed by atoms with Gasteiger partial charge in [-0.25, -0.2) is 9.29 Å². The van der Waals surface area contributed by atoms with Gasteiger partial charge in [-0.2, -0.15) is 0 Å². The van der Waals surface area contributed by atoms with E-state index in [4.69, 9.17) is 10.0 Å². The molecule has 0 aromatic heterocycles. The van der Waals surface area contributed by atoms with Gasteiger partial charge in [0.15, 0.2) is 0 Å². The molecule has 2 aromatic rings. The van der Waals surface area contributed by atoms with E-state index in [1.165, 1.54) is 18.2 Å². The maximum Gasteiger partial charge on any atom is 0.491 e. The second-order valence-electron chi connectivity index (χ2n) is 4.57. The van der Waals surface area contributed by atoms with Crippen molar-refractivity contribution < 1.29 is 24.0 Å². The molecule has 1 heterocycles. The van der Waals surface area contributed by atoms with Gasteiger partial charge in [-0.15, -0.1) is 0 Å². The predicted octanol–water partition coefficient (Wildman–Crippen LogP) is 0.306. The van der Waals surface area contributed by atoms with Crippen LogP contribution in [0.25, 0.3) is 0 Å². The number of anilines is 1. The molecule has 0 unspecified atom stereocenters. The van der Waals surface area contributed by atoms with Crippen LogP contribution in [-0.2, 0) is 0 Å². The highest BCUT2D eigenvalue weighted by Gasteiger charge is 2.36. The molecule has 0 saturated carbocycles. The number of nitrogens with zero attached hydrogens (tertiary/aromatic N) is 1. The number of halogens is 1. The summed E-state index contributed by atoms with van der Waals surface area (Å²) in [4.78, 5) is 25.4. The zero-order valence-electron chi connectivity index (χ0n) is 10.7. The molecule has 1 aliphatic rings. The standard InChI is InChI=1S/C14H9BFNO4/c16-12-6-5-8(7-11(12)15(20)21)17-13(18)9-3-1-2-4-10(9)14(17)19/h1-7,20-21H. The minimum absolute atomic E-state index is 0.0886. The molecule has 1 aliphatic heterocycles. The first-order valence-electron chi connectivity index (χ1n) is 6.14. The lowest BCUT2D eigenvalue weighted by Gasteiger charge is -2.15. The van der Waals surface area contributed by atoms with Crippen molar-refractivity contribution in [1.29, 1.82) is 0 Å². The number of hydrogen-bond acceptors (Lipinski definition) is 4. The van der Waals surface area contributed by atoms with Gasteiger partial charge in [-0.3, -0.25) is 9.59 Å². The first kappa shape index (κ1) is 13.5. The molecular weight excluding hydrogens is 276 g/mol. The fourth-order valence-electron chi connectivity index (χ4n) is 2.29. The van der Waals surface area contributed by atoms with Crippen LogP contribution >= 0.6 is 0 Å². The number of carbonyl (C=O) groups is 2. The highest BCUT2D eigenvalue weighted by molar-refractivity contribution is 6.59. The summed E-state index contributed by atoms with van der Waals surface area (Å²) in [6.07, 6.45) is 0. The maximum absolute atomic E-state index is 13.5. The topological polar surface area (TPSA) is 77.8 Å². The molecule has 2 aromatic carbocycles. The molecule has 0 fully saturated rings. The normalized spacial score (nSPS) is 13.6. The number of benzene rings is 2. The molecular formula is C14H9BFNO4. The fraction of sp³-hybridized carbons (Fsp3) is 0. The van der Waals surface area contributed by atoms with E-state index in [-0.39, 0.29) is 16.8 Å². The third-order valence-corrected chi connectivity index (χ3v) is 3.31. The Kier molecular flexibility index (Phi) is 3.08. The Morgan fingerprint density at radius 1 is 0.952 bits per heavy atom. The summed E-state index contributed by atoms with van der Waals surface area (Å²) in [5.74, 6) is -1.88. The smallest absolute Gasteiger partial charge is 0.423 e. The molecule has 7 heteroatoms. The zero-order valence-corrected chi connectivity index (χ0v) is 10.7. The Hall–Kier alpha value is -2.51. The van der Waals surface area contributed by atoms with Gasteiger partial charge in [0.25, 0.3) is 11.8 Å². The molecule has 0 saturated heterocycles. The Morgan fingerprint density at radius 3 is 2.05 bits per heavy atom. The van der Waals surface area contributed by atoms with Gasteiger partial charge >= 0.3 is 7.12 Å². The Labute approximate surface area is 119 Å². The van der Waals surface area contributed by atoms with Crippen LogP contribution in [0.3, 0.4) is 0 Å². The molecule has 0 radical (unpaired) electrons. The summed E-state index contributed by atoms with van der Waals surface area (Å²) in [5, 5.41) is 18.2. The number of hydrogen-bond donors (Lipinski definition) is 2. The van der Waals surface area contributed by atoms with Gasteiger partial charge < -0.3 is 10.0 Å². The van der Waals surface area contributed by atoms with Gasteiger partial charge in [0.05, 0.1) is 16.8 Å². The van der Waals surface area contributed by atoms with Crippen LogP contribution in [0.15, 0.2) is 42.5 Å². The number of imide groups is 1. The Morgan fingerprint density at radius 2 is 1.52 bits per heavy atom. The van der Waals surface area contributed by atoms with Crippen molar-refractivity contribution >= 4 is 30.1 Å². The summed E-state index contributed by atoms with van der Waals surface area (Å²) in [6, 6.07) is 9.63. The van der Waals surface area contributed by atoms with E-state index in [1.807, 2.05) is 0 Å². The molecule has 5 nitrogen and oxygen atoms in total. The summed E-state index contributed by atoms with van der Waals surface area (Å²) in [7, 11) is -2.03. The van der Waals surface area contributed by atoms with Crippen molar-refractivity contribution in [2.45, 2.75) is 0 Å². The van der Waals surface area contributed by atoms with Crippen molar-refractivity contribution in [1.82, 2.24) is 0 Å². The van der Waals surface area contributed by atoms with E-state index in [0.717, 1.165) is 17.0 Å². The lowest BCUT2D eigenvalue weighted by Crippen LogP contribution is -2.35. The molecule has 2 amide bonds. The van der Waals surface area contributed by atoms with Crippen LogP contribution in [0.4, 0.5) is 10.1 Å². The van der Waals surface area contributed by atoms with Gasteiger partial charge in [-0.1, -0.05) is 12.1 Å². The Balaban J connectivity index is 2.09. The van der Waals surface area contributed by atoms with Crippen LogP contribution in [-0.4, -0.2) is 29.0 Å². The maximum atomic E-state index is 13.5. The van der Waals surface area contributed by atoms with E-state index in [9.17, 15) is 14.0 Å². The summed E-state index contributed by atoms with van der Waals surface area (Å²) in [5.41, 5.74) is 0.214. The highest BCUT2D eigenvalue weighted by atomic mass is 19.1. The zero-order chi connectivity index (χ0) is 15.1. The minimum Gasteiger partial charge on any atom is -0.423 e. The molecule has 0 atom stereocenters. The molecule has 0 aliphatic carbocycles. The quantitative estimate of drug-likeness (QED) is 0.615. The third kappa shape index (κ3) is 2.03. The first-order valence-corrected chi connectivity index (χ1v) is 6.14. The molecule has 0 bridgehead atoms. The van der Waals surface area contributed by atoms with Crippen LogP contribution in [0.1, 0.15) is 20.7 Å². The molecule has 104 valence electrons. The van der Waals surface area contributed by atoms with Crippen molar-refractivity contribution in [3.63, 3.8) is 0 Å². The average molecular weight is 285 g/mol. The number of amides is 2. The van der Waals surface area contributed by atoms with Gasteiger partial charge in [-0.05, 0) is 30.3 Å². The second-order valence-corrected chi connectivity index (χ2v) is 4.57. The van der Waals surface area contributed by atoms with Crippen molar-refractivity contribution in [3.8, 4) is 0 Å². The number of rotatable bonds is 2. The van der Waals surface area contributed by atoms with E-state index in [2.05, 4.69) is 0 Å². The average Bonchev–Trinajstić information content (AvgIpc) is 2.72. The summed E-state index contributed by atoms with van der Waals surface area (Å²) in [6.45, 7) is 0. The lowest BCUT2D eigenvalue weighted by atomic mass is 9.79. The Bertz CT molecular complexity index is 727. The van der Waals surface area contributed by atoms with Crippen LogP contribution in [0.5, 0.6) is 0 Å². The van der Waals surface area contributed by atoms with Crippen LogP contribution in [0, 0.1) is 5.82 Å². The summed E-state index contributed by atoms with van der Waals surface area (Å²) >= 11 is 0. The largest absolute Gasteiger partial charge is 0.491 e. The summed E-state index contributed by atoms with van der Waals surface area (Å²) < 4.78 is 13.5. The molecule has 2 N–H and O–H groups in total. The van der Waals surface area contributed by atoms with Gasteiger partial charge in [0.2, 0.25) is 0 Å². The first-order chi connectivity index (χ1) is 10.0. The highest BCUT2D eigenvalue weighted by Crippen LogP contribution is 2.27. The predicted molar refractivity (Wildman–Crippen MR) is 73.8 cm³/mol. The lowest BCUT2D eigenvalue weighted by molar-refractivity contribution is 0.0926. The SMILES string of the molecule is O=C1c2ccccc2C(=O)N1c1ccc(F)c(B(O)O)c1. The van der Waals surface area contributed by atoms with Crippen LogP contribution < -0.4 is 10.4 Å². The fourth-order valence-corrected chi connectivity index (χ4v) is 2.29. The van der Waals surface area contributed by atoms with Crippen LogP contribution in [0.2, 0.25) is 0 Å². The monoisotopic (exact) mass is 285 g/mol. The van der Waals surface area contributed by atoms with E-state index in [1.54, 1.807) is 12.1 Å². The van der Waals surface area contributed by atoms with E-state index < -0.39 is 30.2 Å². The van der Waals surface area contributed by atoms with Crippen molar-refractivity contribution in [2.24, 2.45) is 0 Å².